The second-order valence-electron chi connectivity index (χ2n) is 7.66. The number of carbonyl (C=O) groups excluding carboxylic acids is 1. The van der Waals surface area contributed by atoms with Gasteiger partial charge in [0.25, 0.3) is 0 Å². The fraction of sp³-hybridized carbons (Fsp3) is 0.647. The molecule has 25 heavy (non-hydrogen) atoms. The first-order chi connectivity index (χ1) is 11.8. The van der Waals surface area contributed by atoms with Crippen molar-refractivity contribution in [2.45, 2.75) is 58.7 Å². The Morgan fingerprint density at radius 1 is 1.36 bits per heavy atom. The van der Waals surface area contributed by atoms with E-state index in [1.807, 2.05) is 33.6 Å². The minimum absolute atomic E-state index is 0.0583. The Morgan fingerprint density at radius 2 is 2.16 bits per heavy atom. The van der Waals surface area contributed by atoms with Crippen LogP contribution in [0.4, 0.5) is 4.79 Å². The summed E-state index contributed by atoms with van der Waals surface area (Å²) in [6.45, 7) is 10.0. The molecule has 0 aromatic carbocycles. The van der Waals surface area contributed by atoms with Crippen LogP contribution in [0.3, 0.4) is 0 Å². The molecule has 1 saturated heterocycles. The van der Waals surface area contributed by atoms with E-state index >= 15 is 0 Å². The number of rotatable bonds is 3. The number of amides is 2. The van der Waals surface area contributed by atoms with Gasteiger partial charge in [0, 0.05) is 19.3 Å². The van der Waals surface area contributed by atoms with E-state index in [0.29, 0.717) is 13.1 Å². The summed E-state index contributed by atoms with van der Waals surface area (Å²) in [6, 6.07) is 0.184. The van der Waals surface area contributed by atoms with E-state index in [9.17, 15) is 4.79 Å². The molecule has 8 nitrogen and oxygen atoms in total. The molecule has 136 valence electrons. The van der Waals surface area contributed by atoms with E-state index in [1.165, 1.54) is 6.33 Å². The lowest BCUT2D eigenvalue weighted by Gasteiger charge is -2.33. The maximum Gasteiger partial charge on any atom is 0.317 e. The molecule has 1 N–H and O–H groups in total. The van der Waals surface area contributed by atoms with Crippen molar-refractivity contribution in [3.63, 3.8) is 0 Å². The summed E-state index contributed by atoms with van der Waals surface area (Å²) in [5.41, 5.74) is 0.980. The van der Waals surface area contributed by atoms with E-state index in [-0.39, 0.29) is 17.6 Å². The number of aryl methyl sites for hydroxylation is 1. The summed E-state index contributed by atoms with van der Waals surface area (Å²) < 4.78 is 3.82. The van der Waals surface area contributed by atoms with Crippen LogP contribution < -0.4 is 5.32 Å². The Labute approximate surface area is 148 Å². The maximum absolute atomic E-state index is 12.6. The van der Waals surface area contributed by atoms with Crippen LogP contribution in [0.5, 0.6) is 0 Å². The predicted octanol–water partition coefficient (Wildman–Crippen LogP) is 2.08. The summed E-state index contributed by atoms with van der Waals surface area (Å²) >= 11 is 0. The van der Waals surface area contributed by atoms with Gasteiger partial charge in [-0.15, -0.1) is 0 Å². The highest BCUT2D eigenvalue weighted by atomic mass is 16.2. The standard InChI is InChI=1S/C17H27N7O/c1-13-8-20-23(10-13)14-6-5-7-22(11-14)16(25)18-9-15-19-12-21-24(15)17(2,3)4/h8,10,12,14H,5-7,9,11H2,1-4H3,(H,18,25)/t14-/m0/s1. The molecule has 0 bridgehead atoms. The lowest BCUT2D eigenvalue weighted by molar-refractivity contribution is 0.162. The molecule has 1 aliphatic rings. The number of likely N-dealkylation sites (tertiary alicyclic amines) is 1. The number of aromatic nitrogens is 5. The van der Waals surface area contributed by atoms with Crippen molar-refractivity contribution in [1.82, 2.24) is 34.8 Å². The number of hydrogen-bond acceptors (Lipinski definition) is 4. The van der Waals surface area contributed by atoms with E-state index in [0.717, 1.165) is 30.8 Å². The summed E-state index contributed by atoms with van der Waals surface area (Å²) in [5, 5.41) is 11.6. The van der Waals surface area contributed by atoms with Crippen LogP contribution in [-0.2, 0) is 12.1 Å². The first-order valence-corrected chi connectivity index (χ1v) is 8.77. The molecule has 3 heterocycles. The van der Waals surface area contributed by atoms with Crippen molar-refractivity contribution in [3.05, 3.63) is 30.1 Å². The van der Waals surface area contributed by atoms with Gasteiger partial charge in [-0.1, -0.05) is 0 Å². The fourth-order valence-corrected chi connectivity index (χ4v) is 3.20. The molecule has 2 amide bonds. The van der Waals surface area contributed by atoms with Gasteiger partial charge in [-0.3, -0.25) is 4.68 Å². The van der Waals surface area contributed by atoms with Crippen LogP contribution in [0, 0.1) is 6.92 Å². The molecule has 2 aromatic heterocycles. The number of nitrogens with zero attached hydrogens (tertiary/aromatic N) is 6. The molecule has 0 unspecified atom stereocenters. The molecular formula is C17H27N7O. The van der Waals surface area contributed by atoms with Crippen LogP contribution in [-0.4, -0.2) is 48.6 Å². The molecule has 0 spiro atoms. The summed E-state index contributed by atoms with van der Waals surface area (Å²) in [5.74, 6) is 0.761. The maximum atomic E-state index is 12.6. The van der Waals surface area contributed by atoms with Crippen molar-refractivity contribution >= 4 is 6.03 Å². The third-order valence-corrected chi connectivity index (χ3v) is 4.44. The highest BCUT2D eigenvalue weighted by Crippen LogP contribution is 2.21. The zero-order valence-electron chi connectivity index (χ0n) is 15.4. The molecule has 0 radical (unpaired) electrons. The first kappa shape index (κ1) is 17.4. The van der Waals surface area contributed by atoms with Crippen LogP contribution in [0.15, 0.2) is 18.7 Å². The van der Waals surface area contributed by atoms with E-state index in [2.05, 4.69) is 41.3 Å². The normalized spacial score (nSPS) is 18.4. The van der Waals surface area contributed by atoms with Crippen LogP contribution in [0.2, 0.25) is 0 Å². The molecule has 1 aliphatic heterocycles. The van der Waals surface area contributed by atoms with Crippen LogP contribution in [0.1, 0.15) is 51.0 Å². The summed E-state index contributed by atoms with van der Waals surface area (Å²) in [7, 11) is 0. The number of carbonyl (C=O) groups is 1. The number of nitrogens with one attached hydrogen (secondary N) is 1. The van der Waals surface area contributed by atoms with Gasteiger partial charge in [-0.05, 0) is 46.1 Å². The van der Waals surface area contributed by atoms with Crippen molar-refractivity contribution < 1.29 is 4.79 Å². The molecule has 0 aliphatic carbocycles. The largest absolute Gasteiger partial charge is 0.331 e. The highest BCUT2D eigenvalue weighted by molar-refractivity contribution is 5.74. The van der Waals surface area contributed by atoms with Gasteiger partial charge < -0.3 is 10.2 Å². The van der Waals surface area contributed by atoms with E-state index in [4.69, 9.17) is 0 Å². The zero-order valence-corrected chi connectivity index (χ0v) is 15.4. The third-order valence-electron chi connectivity index (χ3n) is 4.44. The summed E-state index contributed by atoms with van der Waals surface area (Å²) in [4.78, 5) is 18.7. The van der Waals surface area contributed by atoms with Crippen LogP contribution in [0.25, 0.3) is 0 Å². The first-order valence-electron chi connectivity index (χ1n) is 8.77. The Morgan fingerprint density at radius 3 is 2.84 bits per heavy atom. The predicted molar refractivity (Wildman–Crippen MR) is 94.1 cm³/mol. The van der Waals surface area contributed by atoms with Gasteiger partial charge in [0.1, 0.15) is 12.2 Å². The molecule has 3 rings (SSSR count). The Kier molecular flexibility index (Phi) is 4.78. The molecule has 0 saturated carbocycles. The second kappa shape index (κ2) is 6.85. The van der Waals surface area contributed by atoms with E-state index < -0.39 is 0 Å². The number of piperidine rings is 1. The lowest BCUT2D eigenvalue weighted by atomic mass is 10.1. The van der Waals surface area contributed by atoms with Gasteiger partial charge in [0.2, 0.25) is 0 Å². The Balaban J connectivity index is 1.59. The SMILES string of the molecule is Cc1cnn([C@H]2CCCN(C(=O)NCc3ncnn3C(C)(C)C)C2)c1. The van der Waals surface area contributed by atoms with Gasteiger partial charge in [0.15, 0.2) is 0 Å². The summed E-state index contributed by atoms with van der Waals surface area (Å²) in [6.07, 6.45) is 7.46. The molecule has 1 fully saturated rings. The van der Waals surface area contributed by atoms with Crippen molar-refractivity contribution in [2.75, 3.05) is 13.1 Å². The molecular weight excluding hydrogens is 318 g/mol. The zero-order chi connectivity index (χ0) is 18.0. The number of hydrogen-bond donors (Lipinski definition) is 1. The van der Waals surface area contributed by atoms with Gasteiger partial charge >= 0.3 is 6.03 Å². The fourth-order valence-electron chi connectivity index (χ4n) is 3.20. The lowest BCUT2D eigenvalue weighted by Crippen LogP contribution is -2.46. The smallest absolute Gasteiger partial charge is 0.317 e. The average molecular weight is 345 g/mol. The van der Waals surface area contributed by atoms with Crippen molar-refractivity contribution in [1.29, 1.82) is 0 Å². The second-order valence-corrected chi connectivity index (χ2v) is 7.66. The Hall–Kier alpha value is -2.38. The molecule has 8 heteroatoms. The quantitative estimate of drug-likeness (QED) is 0.923. The monoisotopic (exact) mass is 345 g/mol. The van der Waals surface area contributed by atoms with Crippen LogP contribution >= 0.6 is 0 Å². The molecule has 2 aromatic rings. The van der Waals surface area contributed by atoms with E-state index in [1.54, 1.807) is 0 Å². The van der Waals surface area contributed by atoms with Crippen molar-refractivity contribution in [2.24, 2.45) is 0 Å². The topological polar surface area (TPSA) is 80.9 Å². The average Bonchev–Trinajstić information content (AvgIpc) is 3.21. The third kappa shape index (κ3) is 4.00. The minimum atomic E-state index is -0.162. The van der Waals surface area contributed by atoms with Gasteiger partial charge in [-0.2, -0.15) is 10.2 Å². The minimum Gasteiger partial charge on any atom is -0.331 e. The van der Waals surface area contributed by atoms with Crippen molar-refractivity contribution in [3.8, 4) is 0 Å². The highest BCUT2D eigenvalue weighted by Gasteiger charge is 2.26. The number of urea groups is 1. The van der Waals surface area contributed by atoms with Gasteiger partial charge in [0.05, 0.1) is 24.3 Å². The molecule has 1 atom stereocenters. The van der Waals surface area contributed by atoms with Gasteiger partial charge in [-0.25, -0.2) is 14.5 Å². The Bertz CT molecular complexity index is 727.